The molecule has 2 atom stereocenters. The van der Waals surface area contributed by atoms with E-state index in [2.05, 4.69) is 19.1 Å². The van der Waals surface area contributed by atoms with Crippen LogP contribution in [0.15, 0.2) is 24.3 Å². The van der Waals surface area contributed by atoms with Crippen molar-refractivity contribution in [2.75, 3.05) is 7.11 Å². The Kier molecular flexibility index (Phi) is 3.72. The predicted octanol–water partition coefficient (Wildman–Crippen LogP) is 3.15. The van der Waals surface area contributed by atoms with Gasteiger partial charge in [0.2, 0.25) is 0 Å². The highest BCUT2D eigenvalue weighted by Crippen LogP contribution is 2.34. The molecule has 94 valence electrons. The lowest BCUT2D eigenvalue weighted by atomic mass is 9.74. The number of rotatable bonds is 3. The number of ether oxygens (including phenoxy) is 1. The van der Waals surface area contributed by atoms with Gasteiger partial charge in [0.25, 0.3) is 0 Å². The van der Waals surface area contributed by atoms with Crippen molar-refractivity contribution in [3.8, 4) is 5.75 Å². The molecule has 0 heterocycles. The van der Waals surface area contributed by atoms with Gasteiger partial charge in [-0.15, -0.1) is 0 Å². The second kappa shape index (κ2) is 5.09. The summed E-state index contributed by atoms with van der Waals surface area (Å²) in [5, 5.41) is 0. The fourth-order valence-corrected chi connectivity index (χ4v) is 3.09. The molecule has 0 spiro atoms. The smallest absolute Gasteiger partial charge is 0.122 e. The van der Waals surface area contributed by atoms with E-state index in [1.54, 1.807) is 7.11 Å². The Hall–Kier alpha value is -1.02. The molecule has 17 heavy (non-hydrogen) atoms. The number of hydrogen-bond acceptors (Lipinski definition) is 2. The number of nitrogens with two attached hydrogens (primary N) is 1. The van der Waals surface area contributed by atoms with Crippen LogP contribution in [0.2, 0.25) is 0 Å². The summed E-state index contributed by atoms with van der Waals surface area (Å²) in [7, 11) is 1.73. The van der Waals surface area contributed by atoms with Gasteiger partial charge in [0.15, 0.2) is 0 Å². The molecule has 0 radical (unpaired) electrons. The Morgan fingerprint density at radius 1 is 1.41 bits per heavy atom. The Labute approximate surface area is 104 Å². The van der Waals surface area contributed by atoms with E-state index in [1.807, 2.05) is 12.1 Å². The van der Waals surface area contributed by atoms with Crippen LogP contribution in [0.1, 0.15) is 38.2 Å². The molecule has 2 rings (SSSR count). The molecule has 1 aromatic carbocycles. The minimum absolute atomic E-state index is 0.0354. The van der Waals surface area contributed by atoms with Crippen molar-refractivity contribution < 1.29 is 4.74 Å². The number of para-hydroxylation sites is 1. The summed E-state index contributed by atoms with van der Waals surface area (Å²) >= 11 is 0. The van der Waals surface area contributed by atoms with Gasteiger partial charge in [-0.05, 0) is 36.8 Å². The van der Waals surface area contributed by atoms with Crippen LogP contribution in [0, 0.1) is 5.92 Å². The van der Waals surface area contributed by atoms with Crippen LogP contribution in [0.3, 0.4) is 0 Å². The van der Waals surface area contributed by atoms with Crippen LogP contribution >= 0.6 is 0 Å². The van der Waals surface area contributed by atoms with Crippen molar-refractivity contribution in [2.24, 2.45) is 11.7 Å². The quantitative estimate of drug-likeness (QED) is 0.870. The Morgan fingerprint density at radius 2 is 2.18 bits per heavy atom. The molecule has 0 aromatic heterocycles. The van der Waals surface area contributed by atoms with Crippen LogP contribution in [0.5, 0.6) is 5.75 Å². The highest BCUT2D eigenvalue weighted by molar-refractivity contribution is 5.34. The third-order valence-corrected chi connectivity index (χ3v) is 3.86. The molecule has 1 aliphatic carbocycles. The summed E-state index contributed by atoms with van der Waals surface area (Å²) < 4.78 is 5.40. The molecular formula is C15H23NO. The Balaban J connectivity index is 2.13. The average Bonchev–Trinajstić information content (AvgIpc) is 2.29. The van der Waals surface area contributed by atoms with Gasteiger partial charge < -0.3 is 10.5 Å². The average molecular weight is 233 g/mol. The van der Waals surface area contributed by atoms with E-state index in [0.29, 0.717) is 0 Å². The molecule has 2 nitrogen and oxygen atoms in total. The van der Waals surface area contributed by atoms with Crippen molar-refractivity contribution >= 4 is 0 Å². The first kappa shape index (κ1) is 12.4. The molecule has 0 aliphatic heterocycles. The zero-order valence-corrected chi connectivity index (χ0v) is 10.9. The number of benzene rings is 1. The lowest BCUT2D eigenvalue weighted by molar-refractivity contribution is 0.233. The third-order valence-electron chi connectivity index (χ3n) is 3.86. The number of hydrogen-bond donors (Lipinski definition) is 1. The number of methoxy groups -OCH3 is 1. The summed E-state index contributed by atoms with van der Waals surface area (Å²) in [4.78, 5) is 0. The lowest BCUT2D eigenvalue weighted by Crippen LogP contribution is -2.45. The van der Waals surface area contributed by atoms with Crippen molar-refractivity contribution in [3.63, 3.8) is 0 Å². The van der Waals surface area contributed by atoms with Gasteiger partial charge in [-0.3, -0.25) is 0 Å². The maximum Gasteiger partial charge on any atom is 0.122 e. The van der Waals surface area contributed by atoms with Gasteiger partial charge in [-0.2, -0.15) is 0 Å². The second-order valence-corrected chi connectivity index (χ2v) is 5.55. The Bertz CT molecular complexity index is 377. The van der Waals surface area contributed by atoms with E-state index in [-0.39, 0.29) is 5.54 Å². The molecule has 2 unspecified atom stereocenters. The monoisotopic (exact) mass is 233 g/mol. The molecule has 2 N–H and O–H groups in total. The largest absolute Gasteiger partial charge is 0.496 e. The van der Waals surface area contributed by atoms with E-state index >= 15 is 0 Å². The highest BCUT2D eigenvalue weighted by Gasteiger charge is 2.31. The predicted molar refractivity (Wildman–Crippen MR) is 71.2 cm³/mol. The third kappa shape index (κ3) is 3.01. The summed E-state index contributed by atoms with van der Waals surface area (Å²) in [6.07, 6.45) is 5.78. The van der Waals surface area contributed by atoms with Gasteiger partial charge in [0, 0.05) is 5.54 Å². The summed E-state index contributed by atoms with van der Waals surface area (Å²) in [5.41, 5.74) is 7.76. The van der Waals surface area contributed by atoms with E-state index in [0.717, 1.165) is 30.9 Å². The Morgan fingerprint density at radius 3 is 2.88 bits per heavy atom. The van der Waals surface area contributed by atoms with Gasteiger partial charge in [0.1, 0.15) is 5.75 Å². The maximum atomic E-state index is 6.55. The van der Waals surface area contributed by atoms with E-state index < -0.39 is 0 Å². The lowest BCUT2D eigenvalue weighted by Gasteiger charge is -2.37. The fraction of sp³-hybridized carbons (Fsp3) is 0.600. The van der Waals surface area contributed by atoms with Crippen molar-refractivity contribution in [1.82, 2.24) is 0 Å². The molecule has 1 aromatic rings. The molecule has 2 heteroatoms. The maximum absolute atomic E-state index is 6.55. The summed E-state index contributed by atoms with van der Waals surface area (Å²) in [6.45, 7) is 2.31. The fourth-order valence-electron chi connectivity index (χ4n) is 3.09. The minimum atomic E-state index is -0.0354. The van der Waals surface area contributed by atoms with Crippen LogP contribution in [-0.2, 0) is 6.42 Å². The molecule has 0 amide bonds. The second-order valence-electron chi connectivity index (χ2n) is 5.55. The van der Waals surface area contributed by atoms with Crippen molar-refractivity contribution in [2.45, 2.75) is 44.6 Å². The molecule has 1 saturated carbocycles. The van der Waals surface area contributed by atoms with Gasteiger partial charge >= 0.3 is 0 Å². The highest BCUT2D eigenvalue weighted by atomic mass is 16.5. The van der Waals surface area contributed by atoms with Crippen molar-refractivity contribution in [1.29, 1.82) is 0 Å². The molecule has 0 bridgehead atoms. The first-order valence-corrected chi connectivity index (χ1v) is 6.54. The first-order chi connectivity index (χ1) is 8.13. The SMILES string of the molecule is COc1ccccc1CC1(N)CCCC(C)C1. The molecule has 1 fully saturated rings. The molecular weight excluding hydrogens is 210 g/mol. The standard InChI is InChI=1S/C15H23NO/c1-12-6-5-9-15(16,10-12)11-13-7-3-4-8-14(13)17-2/h3-4,7-8,12H,5-6,9-11,16H2,1-2H3. The van der Waals surface area contributed by atoms with E-state index in [1.165, 1.54) is 18.4 Å². The van der Waals surface area contributed by atoms with Crippen LogP contribution in [0.25, 0.3) is 0 Å². The van der Waals surface area contributed by atoms with Crippen LogP contribution < -0.4 is 10.5 Å². The van der Waals surface area contributed by atoms with Crippen LogP contribution in [-0.4, -0.2) is 12.6 Å². The molecule has 0 saturated heterocycles. The zero-order valence-electron chi connectivity index (χ0n) is 10.9. The van der Waals surface area contributed by atoms with E-state index in [4.69, 9.17) is 10.5 Å². The van der Waals surface area contributed by atoms with Gasteiger partial charge in [-0.1, -0.05) is 38.0 Å². The summed E-state index contributed by atoms with van der Waals surface area (Å²) in [5.74, 6) is 1.72. The topological polar surface area (TPSA) is 35.2 Å². The minimum Gasteiger partial charge on any atom is -0.496 e. The van der Waals surface area contributed by atoms with Crippen LogP contribution in [0.4, 0.5) is 0 Å². The summed E-state index contributed by atoms with van der Waals surface area (Å²) in [6, 6.07) is 8.22. The molecule has 1 aliphatic rings. The van der Waals surface area contributed by atoms with Crippen molar-refractivity contribution in [3.05, 3.63) is 29.8 Å². The van der Waals surface area contributed by atoms with Gasteiger partial charge in [0.05, 0.1) is 7.11 Å². The first-order valence-electron chi connectivity index (χ1n) is 6.54. The van der Waals surface area contributed by atoms with E-state index in [9.17, 15) is 0 Å². The van der Waals surface area contributed by atoms with Gasteiger partial charge in [-0.25, -0.2) is 0 Å². The zero-order chi connectivity index (χ0) is 12.3. The normalized spacial score (nSPS) is 29.0.